The Morgan fingerprint density at radius 2 is 2.22 bits per heavy atom. The van der Waals surface area contributed by atoms with Crippen LogP contribution in [-0.4, -0.2) is 21.2 Å². The Balaban J connectivity index is 1.97. The number of imidazole rings is 1. The molecule has 94 valence electrons. The highest BCUT2D eigenvalue weighted by atomic mass is 35.5. The van der Waals surface area contributed by atoms with Gasteiger partial charge in [0.25, 0.3) is 0 Å². The van der Waals surface area contributed by atoms with Crippen molar-refractivity contribution in [1.82, 2.24) is 9.55 Å². The lowest BCUT2D eigenvalue weighted by molar-refractivity contribution is 0.282. The van der Waals surface area contributed by atoms with Crippen LogP contribution in [0.4, 0.5) is 5.69 Å². The summed E-state index contributed by atoms with van der Waals surface area (Å²) in [5.41, 5.74) is 1.79. The van der Waals surface area contributed by atoms with Gasteiger partial charge < -0.3 is 14.6 Å². The standard InChI is InChI=1S/C13H14ClN3O/c14-11-3-1-2-10(9-18)13(11)17-7-6-16-5-4-15-12(16)8-17/h1-5,18H,6-9H2. The number of aliphatic hydroxyl groups excluding tert-OH is 1. The number of aliphatic hydroxyl groups is 1. The predicted molar refractivity (Wildman–Crippen MR) is 70.7 cm³/mol. The molecular formula is C13H14ClN3O. The van der Waals surface area contributed by atoms with E-state index in [4.69, 9.17) is 11.6 Å². The third-order valence-corrected chi connectivity index (χ3v) is 3.61. The molecule has 2 aromatic rings. The summed E-state index contributed by atoms with van der Waals surface area (Å²) in [6, 6.07) is 5.63. The maximum absolute atomic E-state index is 9.42. The van der Waals surface area contributed by atoms with Gasteiger partial charge in [-0.2, -0.15) is 0 Å². The van der Waals surface area contributed by atoms with Crippen molar-refractivity contribution in [3.63, 3.8) is 0 Å². The van der Waals surface area contributed by atoms with Crippen LogP contribution in [0.2, 0.25) is 5.02 Å². The smallest absolute Gasteiger partial charge is 0.128 e. The minimum atomic E-state index is 0.000827. The quantitative estimate of drug-likeness (QED) is 0.902. The second-order valence-electron chi connectivity index (χ2n) is 4.36. The molecule has 0 aliphatic carbocycles. The first-order valence-electron chi connectivity index (χ1n) is 5.93. The topological polar surface area (TPSA) is 41.3 Å². The van der Waals surface area contributed by atoms with Crippen LogP contribution < -0.4 is 4.90 Å². The van der Waals surface area contributed by atoms with Gasteiger partial charge in [0.05, 0.1) is 23.9 Å². The molecule has 0 radical (unpaired) electrons. The van der Waals surface area contributed by atoms with E-state index in [-0.39, 0.29) is 6.61 Å². The van der Waals surface area contributed by atoms with Gasteiger partial charge in [-0.15, -0.1) is 0 Å². The molecule has 0 unspecified atom stereocenters. The third kappa shape index (κ3) is 1.87. The van der Waals surface area contributed by atoms with Crippen molar-refractivity contribution in [3.05, 3.63) is 47.0 Å². The van der Waals surface area contributed by atoms with Gasteiger partial charge in [-0.05, 0) is 6.07 Å². The third-order valence-electron chi connectivity index (χ3n) is 3.30. The molecule has 0 fully saturated rings. The fourth-order valence-electron chi connectivity index (χ4n) is 2.41. The molecule has 0 atom stereocenters. The highest BCUT2D eigenvalue weighted by Crippen LogP contribution is 2.32. The first kappa shape index (κ1) is 11.6. The number of para-hydroxylation sites is 1. The monoisotopic (exact) mass is 263 g/mol. The van der Waals surface area contributed by atoms with Crippen molar-refractivity contribution in [3.8, 4) is 0 Å². The Kier molecular flexibility index (Phi) is 2.97. The number of fused-ring (bicyclic) bond motifs is 1. The molecular weight excluding hydrogens is 250 g/mol. The van der Waals surface area contributed by atoms with Crippen LogP contribution in [0.3, 0.4) is 0 Å². The fraction of sp³-hybridized carbons (Fsp3) is 0.308. The lowest BCUT2D eigenvalue weighted by Gasteiger charge is -2.31. The van der Waals surface area contributed by atoms with Gasteiger partial charge in [-0.25, -0.2) is 4.98 Å². The van der Waals surface area contributed by atoms with Crippen LogP contribution in [0.5, 0.6) is 0 Å². The molecule has 1 aliphatic heterocycles. The fourth-order valence-corrected chi connectivity index (χ4v) is 2.72. The number of nitrogens with zero attached hydrogens (tertiary/aromatic N) is 3. The Bertz CT molecular complexity index is 567. The summed E-state index contributed by atoms with van der Waals surface area (Å²) in [5.74, 6) is 1.03. The molecule has 1 aromatic heterocycles. The largest absolute Gasteiger partial charge is 0.392 e. The van der Waals surface area contributed by atoms with Crippen molar-refractivity contribution in [2.24, 2.45) is 0 Å². The van der Waals surface area contributed by atoms with Gasteiger partial charge in [-0.3, -0.25) is 0 Å². The van der Waals surface area contributed by atoms with Gasteiger partial charge in [0.2, 0.25) is 0 Å². The van der Waals surface area contributed by atoms with E-state index in [1.165, 1.54) is 0 Å². The Labute approximate surface area is 110 Å². The number of hydrogen-bond donors (Lipinski definition) is 1. The lowest BCUT2D eigenvalue weighted by Crippen LogP contribution is -2.34. The maximum Gasteiger partial charge on any atom is 0.128 e. The molecule has 0 saturated carbocycles. The van der Waals surface area contributed by atoms with Gasteiger partial charge in [0.1, 0.15) is 5.82 Å². The number of aromatic nitrogens is 2. The van der Waals surface area contributed by atoms with Crippen molar-refractivity contribution in [2.75, 3.05) is 11.4 Å². The normalized spacial score (nSPS) is 14.7. The zero-order chi connectivity index (χ0) is 12.5. The van der Waals surface area contributed by atoms with Crippen LogP contribution in [0.1, 0.15) is 11.4 Å². The summed E-state index contributed by atoms with van der Waals surface area (Å²) in [4.78, 5) is 6.51. The summed E-state index contributed by atoms with van der Waals surface area (Å²) in [7, 11) is 0. The summed E-state index contributed by atoms with van der Waals surface area (Å²) in [6.45, 7) is 2.50. The zero-order valence-corrected chi connectivity index (χ0v) is 10.6. The van der Waals surface area contributed by atoms with Crippen LogP contribution >= 0.6 is 11.6 Å². The molecule has 1 N–H and O–H groups in total. The van der Waals surface area contributed by atoms with Crippen LogP contribution in [0.15, 0.2) is 30.6 Å². The number of rotatable bonds is 2. The molecule has 2 heterocycles. The van der Waals surface area contributed by atoms with Crippen molar-refractivity contribution in [2.45, 2.75) is 19.7 Å². The second-order valence-corrected chi connectivity index (χ2v) is 4.77. The van der Waals surface area contributed by atoms with Gasteiger partial charge in [0, 0.05) is 31.0 Å². The predicted octanol–water partition coefficient (Wildman–Crippen LogP) is 2.05. The molecule has 18 heavy (non-hydrogen) atoms. The minimum absolute atomic E-state index is 0.000827. The maximum atomic E-state index is 9.42. The molecule has 0 bridgehead atoms. The van der Waals surface area contributed by atoms with E-state index in [0.29, 0.717) is 5.02 Å². The average molecular weight is 264 g/mol. The minimum Gasteiger partial charge on any atom is -0.392 e. The van der Waals surface area contributed by atoms with E-state index in [2.05, 4.69) is 14.5 Å². The van der Waals surface area contributed by atoms with Crippen molar-refractivity contribution in [1.29, 1.82) is 0 Å². The summed E-state index contributed by atoms with van der Waals surface area (Å²) < 4.78 is 2.14. The SMILES string of the molecule is OCc1cccc(Cl)c1N1CCn2ccnc2C1. The average Bonchev–Trinajstić information content (AvgIpc) is 2.85. The summed E-state index contributed by atoms with van der Waals surface area (Å²) in [5, 5.41) is 10.1. The highest BCUT2D eigenvalue weighted by molar-refractivity contribution is 6.33. The van der Waals surface area contributed by atoms with Gasteiger partial charge in [-0.1, -0.05) is 23.7 Å². The summed E-state index contributed by atoms with van der Waals surface area (Å²) in [6.07, 6.45) is 3.81. The molecule has 0 spiro atoms. The number of anilines is 1. The lowest BCUT2D eigenvalue weighted by atomic mass is 10.1. The molecule has 3 rings (SSSR count). The second kappa shape index (κ2) is 4.63. The highest BCUT2D eigenvalue weighted by Gasteiger charge is 2.20. The molecule has 4 nitrogen and oxygen atoms in total. The van der Waals surface area contributed by atoms with E-state index in [9.17, 15) is 5.11 Å². The molecule has 5 heteroatoms. The van der Waals surface area contributed by atoms with Gasteiger partial charge >= 0.3 is 0 Å². The van der Waals surface area contributed by atoms with E-state index >= 15 is 0 Å². The molecule has 1 aliphatic rings. The van der Waals surface area contributed by atoms with Crippen molar-refractivity contribution < 1.29 is 5.11 Å². The zero-order valence-electron chi connectivity index (χ0n) is 9.88. The number of halogens is 1. The van der Waals surface area contributed by atoms with Crippen molar-refractivity contribution >= 4 is 17.3 Å². The number of benzene rings is 1. The van der Waals surface area contributed by atoms with Gasteiger partial charge in [0.15, 0.2) is 0 Å². The van der Waals surface area contributed by atoms with Crippen LogP contribution in [0, 0.1) is 0 Å². The molecule has 0 saturated heterocycles. The van der Waals surface area contributed by atoms with Crippen LogP contribution in [0.25, 0.3) is 0 Å². The number of hydrogen-bond acceptors (Lipinski definition) is 3. The first-order chi connectivity index (χ1) is 8.79. The summed E-state index contributed by atoms with van der Waals surface area (Å²) >= 11 is 6.26. The van der Waals surface area contributed by atoms with Crippen LogP contribution in [-0.2, 0) is 19.7 Å². The molecule has 1 aromatic carbocycles. The van der Waals surface area contributed by atoms with E-state index in [1.54, 1.807) is 0 Å². The molecule has 0 amide bonds. The van der Waals surface area contributed by atoms with E-state index in [0.717, 1.165) is 36.7 Å². The Morgan fingerprint density at radius 3 is 3.06 bits per heavy atom. The first-order valence-corrected chi connectivity index (χ1v) is 6.30. The van der Waals surface area contributed by atoms with E-state index in [1.807, 2.05) is 30.6 Å². The Morgan fingerprint density at radius 1 is 1.33 bits per heavy atom. The Hall–Kier alpha value is -1.52. The van der Waals surface area contributed by atoms with E-state index < -0.39 is 0 Å².